The van der Waals surface area contributed by atoms with E-state index in [9.17, 15) is 9.59 Å². The Morgan fingerprint density at radius 3 is 2.78 bits per heavy atom. The second-order valence-corrected chi connectivity index (χ2v) is 6.00. The molecule has 128 valence electrons. The molecule has 23 heavy (non-hydrogen) atoms. The maximum atomic E-state index is 12.7. The molecule has 1 saturated heterocycles. The van der Waals surface area contributed by atoms with E-state index in [1.165, 1.54) is 0 Å². The quantitative estimate of drug-likeness (QED) is 0.797. The van der Waals surface area contributed by atoms with Gasteiger partial charge in [-0.25, -0.2) is 0 Å². The molecular weight excluding hydrogens is 296 g/mol. The summed E-state index contributed by atoms with van der Waals surface area (Å²) in [6.07, 6.45) is 4.66. The molecule has 0 aliphatic carbocycles. The second kappa shape index (κ2) is 8.08. The molecule has 1 unspecified atom stereocenters. The number of carbonyl (C=O) groups is 2. The largest absolute Gasteiger partial charge is 0.337 e. The summed E-state index contributed by atoms with van der Waals surface area (Å²) in [5.41, 5.74) is 0. The minimum Gasteiger partial charge on any atom is -0.337 e. The lowest BCUT2D eigenvalue weighted by Gasteiger charge is -2.36. The Bertz CT molecular complexity index is 543. The molecule has 2 heterocycles. The van der Waals surface area contributed by atoms with Gasteiger partial charge in [0.15, 0.2) is 5.82 Å². The van der Waals surface area contributed by atoms with Crippen LogP contribution in [0.4, 0.5) is 0 Å². The first-order valence-electron chi connectivity index (χ1n) is 8.42. The topological polar surface area (TPSA) is 79.5 Å². The number of carbonyl (C=O) groups excluding carboxylic acids is 2. The number of hydrogen-bond donors (Lipinski definition) is 0. The number of hydrogen-bond acceptors (Lipinski definition) is 5. The van der Waals surface area contributed by atoms with Crippen molar-refractivity contribution in [3.8, 4) is 0 Å². The Labute approximate surface area is 137 Å². The lowest BCUT2D eigenvalue weighted by atomic mass is 10.00. The van der Waals surface area contributed by atoms with E-state index in [1.54, 1.807) is 16.8 Å². The molecule has 1 aromatic heterocycles. The monoisotopic (exact) mass is 322 g/mol. The van der Waals surface area contributed by atoms with Gasteiger partial charge in [-0.15, -0.1) is 0 Å². The number of aryl methyl sites for hydroxylation is 1. The van der Waals surface area contributed by atoms with Crippen LogP contribution in [-0.2, 0) is 22.6 Å². The summed E-state index contributed by atoms with van der Waals surface area (Å²) in [6, 6.07) is -0.360. The lowest BCUT2D eigenvalue weighted by Crippen LogP contribution is -2.52. The molecule has 1 aliphatic heterocycles. The SMILES string of the molecule is CCCC(=O)N1CCCCC1C(=O)N(C)Cc1nc(CC)no1. The van der Waals surface area contributed by atoms with E-state index in [-0.39, 0.29) is 24.4 Å². The highest BCUT2D eigenvalue weighted by Gasteiger charge is 2.33. The summed E-state index contributed by atoms with van der Waals surface area (Å²) >= 11 is 0. The van der Waals surface area contributed by atoms with Crippen LogP contribution in [0, 0.1) is 0 Å². The molecular formula is C16H26N4O3. The predicted octanol–water partition coefficient (Wildman–Crippen LogP) is 1.77. The zero-order valence-electron chi connectivity index (χ0n) is 14.2. The molecule has 0 spiro atoms. The minimum atomic E-state index is -0.360. The summed E-state index contributed by atoms with van der Waals surface area (Å²) in [7, 11) is 1.72. The number of likely N-dealkylation sites (tertiary alicyclic amines) is 1. The van der Waals surface area contributed by atoms with Gasteiger partial charge in [-0.05, 0) is 25.7 Å². The summed E-state index contributed by atoms with van der Waals surface area (Å²) in [5.74, 6) is 1.09. The summed E-state index contributed by atoms with van der Waals surface area (Å²) in [6.45, 7) is 4.87. The molecule has 0 radical (unpaired) electrons. The fourth-order valence-electron chi connectivity index (χ4n) is 2.88. The average molecular weight is 322 g/mol. The first-order valence-corrected chi connectivity index (χ1v) is 8.42. The first-order chi connectivity index (χ1) is 11.1. The van der Waals surface area contributed by atoms with Gasteiger partial charge in [0.25, 0.3) is 0 Å². The fourth-order valence-corrected chi connectivity index (χ4v) is 2.88. The third-order valence-electron chi connectivity index (χ3n) is 4.15. The highest BCUT2D eigenvalue weighted by atomic mass is 16.5. The van der Waals surface area contributed by atoms with Gasteiger partial charge in [0, 0.05) is 26.4 Å². The number of piperidine rings is 1. The number of rotatable bonds is 6. The van der Waals surface area contributed by atoms with Crippen LogP contribution < -0.4 is 0 Å². The molecule has 0 aromatic carbocycles. The smallest absolute Gasteiger partial charge is 0.246 e. The highest BCUT2D eigenvalue weighted by molar-refractivity contribution is 5.87. The van der Waals surface area contributed by atoms with Crippen molar-refractivity contribution in [2.24, 2.45) is 0 Å². The Morgan fingerprint density at radius 1 is 1.35 bits per heavy atom. The maximum absolute atomic E-state index is 12.7. The van der Waals surface area contributed by atoms with Gasteiger partial charge in [0.05, 0.1) is 6.54 Å². The van der Waals surface area contributed by atoms with E-state index < -0.39 is 0 Å². The summed E-state index contributed by atoms with van der Waals surface area (Å²) in [4.78, 5) is 32.5. The second-order valence-electron chi connectivity index (χ2n) is 6.00. The van der Waals surface area contributed by atoms with Crippen molar-refractivity contribution < 1.29 is 14.1 Å². The molecule has 0 N–H and O–H groups in total. The van der Waals surface area contributed by atoms with E-state index in [2.05, 4.69) is 10.1 Å². The number of nitrogens with zero attached hydrogens (tertiary/aromatic N) is 4. The van der Waals surface area contributed by atoms with Crippen LogP contribution in [0.5, 0.6) is 0 Å². The zero-order chi connectivity index (χ0) is 16.8. The van der Waals surface area contributed by atoms with Crippen molar-refractivity contribution in [2.45, 2.75) is 65.0 Å². The summed E-state index contributed by atoms with van der Waals surface area (Å²) in [5, 5.41) is 3.84. The van der Waals surface area contributed by atoms with Crippen LogP contribution >= 0.6 is 0 Å². The van der Waals surface area contributed by atoms with Crippen molar-refractivity contribution in [1.29, 1.82) is 0 Å². The van der Waals surface area contributed by atoms with E-state index in [1.807, 2.05) is 13.8 Å². The van der Waals surface area contributed by atoms with Gasteiger partial charge in [-0.2, -0.15) is 4.98 Å². The van der Waals surface area contributed by atoms with E-state index in [0.29, 0.717) is 31.1 Å². The van der Waals surface area contributed by atoms with E-state index >= 15 is 0 Å². The molecule has 1 fully saturated rings. The number of amides is 2. The van der Waals surface area contributed by atoms with Gasteiger partial charge in [0.2, 0.25) is 17.7 Å². The minimum absolute atomic E-state index is 0.0506. The van der Waals surface area contributed by atoms with Crippen LogP contribution in [0.3, 0.4) is 0 Å². The van der Waals surface area contributed by atoms with Crippen molar-refractivity contribution in [3.05, 3.63) is 11.7 Å². The Kier molecular flexibility index (Phi) is 6.12. The standard InChI is InChI=1S/C16H26N4O3/c1-4-8-15(21)20-10-7-6-9-12(20)16(22)19(3)11-14-17-13(5-2)18-23-14/h12H,4-11H2,1-3H3. The fraction of sp³-hybridized carbons (Fsp3) is 0.750. The van der Waals surface area contributed by atoms with Gasteiger partial charge in [-0.3, -0.25) is 9.59 Å². The molecule has 2 amide bonds. The third-order valence-corrected chi connectivity index (χ3v) is 4.15. The van der Waals surface area contributed by atoms with Crippen molar-refractivity contribution in [3.63, 3.8) is 0 Å². The van der Waals surface area contributed by atoms with Gasteiger partial charge in [-0.1, -0.05) is 19.0 Å². The van der Waals surface area contributed by atoms with Gasteiger partial charge < -0.3 is 14.3 Å². The molecule has 1 aromatic rings. The Morgan fingerprint density at radius 2 is 2.13 bits per heavy atom. The van der Waals surface area contributed by atoms with Crippen LogP contribution in [0.15, 0.2) is 4.52 Å². The van der Waals surface area contributed by atoms with E-state index in [0.717, 1.165) is 25.7 Å². The molecule has 7 heteroatoms. The van der Waals surface area contributed by atoms with Crippen molar-refractivity contribution >= 4 is 11.8 Å². The van der Waals surface area contributed by atoms with Gasteiger partial charge in [0.1, 0.15) is 6.04 Å². The van der Waals surface area contributed by atoms with Crippen LogP contribution in [0.2, 0.25) is 0 Å². The lowest BCUT2D eigenvalue weighted by molar-refractivity contribution is -0.147. The van der Waals surface area contributed by atoms with Crippen molar-refractivity contribution in [2.75, 3.05) is 13.6 Å². The zero-order valence-corrected chi connectivity index (χ0v) is 14.2. The van der Waals surface area contributed by atoms with Gasteiger partial charge >= 0.3 is 0 Å². The molecule has 0 saturated carbocycles. The number of likely N-dealkylation sites (N-methyl/N-ethyl adjacent to an activating group) is 1. The Hall–Kier alpha value is -1.92. The number of aromatic nitrogens is 2. The van der Waals surface area contributed by atoms with Crippen LogP contribution in [0.1, 0.15) is 57.7 Å². The first kappa shape index (κ1) is 17.4. The molecule has 1 aliphatic rings. The normalized spacial score (nSPS) is 18.0. The third kappa shape index (κ3) is 4.30. The average Bonchev–Trinajstić information content (AvgIpc) is 3.02. The molecule has 7 nitrogen and oxygen atoms in total. The summed E-state index contributed by atoms with van der Waals surface area (Å²) < 4.78 is 5.14. The molecule has 2 rings (SSSR count). The van der Waals surface area contributed by atoms with Crippen LogP contribution in [0.25, 0.3) is 0 Å². The molecule has 1 atom stereocenters. The van der Waals surface area contributed by atoms with Crippen LogP contribution in [-0.4, -0.2) is 51.4 Å². The highest BCUT2D eigenvalue weighted by Crippen LogP contribution is 2.20. The van der Waals surface area contributed by atoms with Crippen molar-refractivity contribution in [1.82, 2.24) is 19.9 Å². The maximum Gasteiger partial charge on any atom is 0.246 e. The Balaban J connectivity index is 2.02. The molecule has 0 bridgehead atoms. The van der Waals surface area contributed by atoms with E-state index in [4.69, 9.17) is 4.52 Å². The predicted molar refractivity (Wildman–Crippen MR) is 84.4 cm³/mol.